The molecule has 0 aromatic heterocycles. The van der Waals surface area contributed by atoms with Crippen LogP contribution in [0, 0.1) is 0 Å². The fourth-order valence-electron chi connectivity index (χ4n) is 2.00. The first-order valence-electron chi connectivity index (χ1n) is 5.78. The Labute approximate surface area is 117 Å². The van der Waals surface area contributed by atoms with Gasteiger partial charge in [-0.3, -0.25) is 0 Å². The van der Waals surface area contributed by atoms with Crippen molar-refractivity contribution in [1.82, 2.24) is 10.6 Å². The van der Waals surface area contributed by atoms with Crippen LogP contribution in [0.3, 0.4) is 0 Å². The molecule has 1 atom stereocenters. The number of carbonyl (C=O) groups excluding carboxylic acids is 1. The van der Waals surface area contributed by atoms with Crippen molar-refractivity contribution < 1.29 is 9.53 Å². The summed E-state index contributed by atoms with van der Waals surface area (Å²) >= 11 is 5.14. The van der Waals surface area contributed by atoms with Gasteiger partial charge in [0.2, 0.25) is 0 Å². The molecule has 0 spiro atoms. The molecule has 98 valence electrons. The molecule has 1 aromatic rings. The minimum Gasteiger partial charge on any atom is -0.432 e. The highest BCUT2D eigenvalue weighted by molar-refractivity contribution is 7.80. The van der Waals surface area contributed by atoms with Crippen molar-refractivity contribution in [3.63, 3.8) is 0 Å². The zero-order chi connectivity index (χ0) is 13.8. The zero-order valence-electron chi connectivity index (χ0n) is 10.5. The van der Waals surface area contributed by atoms with Crippen LogP contribution < -0.4 is 10.6 Å². The van der Waals surface area contributed by atoms with Gasteiger partial charge in [0.05, 0.1) is 17.9 Å². The Morgan fingerprint density at radius 2 is 2.11 bits per heavy atom. The molecule has 0 saturated carbocycles. The summed E-state index contributed by atoms with van der Waals surface area (Å²) in [7, 11) is 0. The highest BCUT2D eigenvalue weighted by atomic mass is 32.1. The lowest BCUT2D eigenvalue weighted by Crippen LogP contribution is -2.45. The average molecular weight is 274 g/mol. The first-order valence-corrected chi connectivity index (χ1v) is 6.19. The molecular formula is C14H14N2O2S. The number of thiocarbonyl (C=S) groups is 1. The molecule has 0 radical (unpaired) electrons. The van der Waals surface area contributed by atoms with Crippen molar-refractivity contribution in [3.05, 3.63) is 60.0 Å². The van der Waals surface area contributed by atoms with Gasteiger partial charge in [0.25, 0.3) is 0 Å². The third-order valence-electron chi connectivity index (χ3n) is 2.81. The highest BCUT2D eigenvalue weighted by Crippen LogP contribution is 2.27. The van der Waals surface area contributed by atoms with Crippen LogP contribution in [0.5, 0.6) is 0 Å². The quantitative estimate of drug-likeness (QED) is 0.502. The standard InChI is InChI=1S/C14H14N2O2S/c1-3-18-13(17)11-9(2)15-14(19)16-12(11)10-7-5-4-6-8-10/h3-8,12H,1H2,2H3,(H2,15,16,19). The van der Waals surface area contributed by atoms with Gasteiger partial charge in [-0.15, -0.1) is 0 Å². The first-order chi connectivity index (χ1) is 9.13. The van der Waals surface area contributed by atoms with E-state index in [1.54, 1.807) is 6.92 Å². The topological polar surface area (TPSA) is 50.4 Å². The van der Waals surface area contributed by atoms with Gasteiger partial charge in [0, 0.05) is 5.70 Å². The first kappa shape index (κ1) is 13.3. The Morgan fingerprint density at radius 1 is 1.42 bits per heavy atom. The summed E-state index contributed by atoms with van der Waals surface area (Å²) in [5.41, 5.74) is 2.13. The van der Waals surface area contributed by atoms with Gasteiger partial charge < -0.3 is 15.4 Å². The van der Waals surface area contributed by atoms with E-state index in [4.69, 9.17) is 17.0 Å². The molecule has 1 aliphatic heterocycles. The van der Waals surface area contributed by atoms with Crippen LogP contribution in [0.4, 0.5) is 0 Å². The summed E-state index contributed by atoms with van der Waals surface area (Å²) < 4.78 is 4.88. The maximum atomic E-state index is 12.0. The molecule has 2 rings (SSSR count). The zero-order valence-corrected chi connectivity index (χ0v) is 11.3. The molecule has 0 fully saturated rings. The van der Waals surface area contributed by atoms with E-state index in [-0.39, 0.29) is 6.04 Å². The number of rotatable bonds is 3. The van der Waals surface area contributed by atoms with Crippen LogP contribution >= 0.6 is 12.2 Å². The summed E-state index contributed by atoms with van der Waals surface area (Å²) in [6, 6.07) is 9.28. The van der Waals surface area contributed by atoms with Gasteiger partial charge in [-0.2, -0.15) is 0 Å². The Balaban J connectivity index is 2.44. The maximum absolute atomic E-state index is 12.0. The minimum atomic E-state index is -0.441. The maximum Gasteiger partial charge on any atom is 0.343 e. The van der Waals surface area contributed by atoms with Gasteiger partial charge in [-0.25, -0.2) is 4.79 Å². The largest absolute Gasteiger partial charge is 0.432 e. The van der Waals surface area contributed by atoms with Crippen molar-refractivity contribution >= 4 is 23.3 Å². The van der Waals surface area contributed by atoms with E-state index in [2.05, 4.69) is 17.2 Å². The number of carbonyl (C=O) groups is 1. The molecule has 1 aliphatic rings. The summed E-state index contributed by atoms with van der Waals surface area (Å²) in [5, 5.41) is 6.50. The van der Waals surface area contributed by atoms with Crippen LogP contribution in [0.1, 0.15) is 18.5 Å². The second-order valence-electron chi connectivity index (χ2n) is 4.05. The van der Waals surface area contributed by atoms with E-state index in [0.29, 0.717) is 16.4 Å². The summed E-state index contributed by atoms with van der Waals surface area (Å²) in [6.45, 7) is 5.20. The van der Waals surface area contributed by atoms with E-state index in [0.717, 1.165) is 11.8 Å². The van der Waals surface area contributed by atoms with Gasteiger partial charge >= 0.3 is 5.97 Å². The number of benzene rings is 1. The lowest BCUT2D eigenvalue weighted by atomic mass is 9.96. The second-order valence-corrected chi connectivity index (χ2v) is 4.46. The van der Waals surface area contributed by atoms with Crippen LogP contribution in [0.25, 0.3) is 0 Å². The van der Waals surface area contributed by atoms with E-state index in [9.17, 15) is 4.79 Å². The Hall–Kier alpha value is -2.14. The van der Waals surface area contributed by atoms with Crippen LogP contribution in [0.2, 0.25) is 0 Å². The number of hydrogen-bond acceptors (Lipinski definition) is 3. The fraction of sp³-hybridized carbons (Fsp3) is 0.143. The predicted octanol–water partition coefficient (Wildman–Crippen LogP) is 2.17. The van der Waals surface area contributed by atoms with Crippen molar-refractivity contribution in [2.24, 2.45) is 0 Å². The van der Waals surface area contributed by atoms with E-state index >= 15 is 0 Å². The molecule has 0 bridgehead atoms. The molecule has 2 N–H and O–H groups in total. The van der Waals surface area contributed by atoms with Crippen LogP contribution in [-0.4, -0.2) is 11.1 Å². The molecule has 0 saturated heterocycles. The average Bonchev–Trinajstić information content (AvgIpc) is 2.39. The Morgan fingerprint density at radius 3 is 2.74 bits per heavy atom. The van der Waals surface area contributed by atoms with E-state index in [1.165, 1.54) is 0 Å². The molecule has 4 nitrogen and oxygen atoms in total. The van der Waals surface area contributed by atoms with Crippen molar-refractivity contribution in [3.8, 4) is 0 Å². The monoisotopic (exact) mass is 274 g/mol. The normalized spacial score (nSPS) is 18.4. The molecule has 19 heavy (non-hydrogen) atoms. The molecule has 5 heteroatoms. The molecule has 0 aliphatic carbocycles. The summed E-state index contributed by atoms with van der Waals surface area (Å²) in [4.78, 5) is 12.0. The fourth-order valence-corrected chi connectivity index (χ4v) is 2.27. The van der Waals surface area contributed by atoms with Crippen molar-refractivity contribution in [1.29, 1.82) is 0 Å². The molecule has 1 heterocycles. The van der Waals surface area contributed by atoms with Gasteiger partial charge in [0.1, 0.15) is 0 Å². The summed E-state index contributed by atoms with van der Waals surface area (Å²) in [6.07, 6.45) is 1.12. The van der Waals surface area contributed by atoms with E-state index < -0.39 is 5.97 Å². The van der Waals surface area contributed by atoms with Crippen LogP contribution in [-0.2, 0) is 9.53 Å². The lowest BCUT2D eigenvalue weighted by molar-refractivity contribution is -0.134. The minimum absolute atomic E-state index is 0.317. The van der Waals surface area contributed by atoms with Crippen molar-refractivity contribution in [2.75, 3.05) is 0 Å². The number of ether oxygens (including phenoxy) is 1. The smallest absolute Gasteiger partial charge is 0.343 e. The molecule has 1 unspecified atom stereocenters. The van der Waals surface area contributed by atoms with Gasteiger partial charge in [-0.05, 0) is 24.7 Å². The number of esters is 1. The third-order valence-corrected chi connectivity index (χ3v) is 3.03. The SMILES string of the molecule is C=COC(=O)C1=C(C)NC(=S)NC1c1ccccc1. The lowest BCUT2D eigenvalue weighted by Gasteiger charge is -2.29. The molecule has 0 amide bonds. The number of hydrogen-bond donors (Lipinski definition) is 2. The summed E-state index contributed by atoms with van der Waals surface area (Å²) in [5.74, 6) is -0.441. The van der Waals surface area contributed by atoms with Gasteiger partial charge in [-0.1, -0.05) is 36.9 Å². The Bertz CT molecular complexity index is 552. The van der Waals surface area contributed by atoms with E-state index in [1.807, 2.05) is 30.3 Å². The third kappa shape index (κ3) is 2.82. The van der Waals surface area contributed by atoms with Crippen molar-refractivity contribution in [2.45, 2.75) is 13.0 Å². The van der Waals surface area contributed by atoms with Gasteiger partial charge in [0.15, 0.2) is 5.11 Å². The highest BCUT2D eigenvalue weighted by Gasteiger charge is 2.30. The molecular weight excluding hydrogens is 260 g/mol. The second kappa shape index (κ2) is 5.67. The molecule has 1 aromatic carbocycles. The predicted molar refractivity (Wildman–Crippen MR) is 77.0 cm³/mol. The van der Waals surface area contributed by atoms with Crippen LogP contribution in [0.15, 0.2) is 54.4 Å². The Kier molecular flexibility index (Phi) is 3.97. The number of nitrogens with one attached hydrogen (secondary N) is 2. The number of allylic oxidation sites excluding steroid dienone is 1.